The van der Waals surface area contributed by atoms with Crippen LogP contribution in [-0.4, -0.2) is 42.7 Å². The Morgan fingerprint density at radius 2 is 1.79 bits per heavy atom. The van der Waals surface area contributed by atoms with Crippen molar-refractivity contribution in [2.24, 2.45) is 5.92 Å². The highest BCUT2D eigenvalue weighted by molar-refractivity contribution is 5.90. The van der Waals surface area contributed by atoms with Gasteiger partial charge in [0.2, 0.25) is 5.95 Å². The molecule has 0 spiro atoms. The molecule has 2 aliphatic carbocycles. The second-order valence-electron chi connectivity index (χ2n) is 10.3. The summed E-state index contributed by atoms with van der Waals surface area (Å²) in [6, 6.07) is 8.29. The average molecular weight is 465 g/mol. The zero-order chi connectivity index (χ0) is 24.1. The average Bonchev–Trinajstić information content (AvgIpc) is 2.83. The highest BCUT2D eigenvalue weighted by Crippen LogP contribution is 2.30. The third-order valence-corrected chi connectivity index (χ3v) is 7.15. The first-order valence-corrected chi connectivity index (χ1v) is 12.9. The molecule has 0 atom stereocenters. The minimum atomic E-state index is -0.118. The van der Waals surface area contributed by atoms with E-state index in [1.807, 2.05) is 18.2 Å². The molecule has 2 aliphatic rings. The summed E-state index contributed by atoms with van der Waals surface area (Å²) in [7, 11) is 4.13. The van der Waals surface area contributed by atoms with Gasteiger partial charge in [0.15, 0.2) is 0 Å². The smallest absolute Gasteiger partial charge is 0.319 e. The first-order chi connectivity index (χ1) is 16.4. The topological polar surface area (TPSA) is 82.2 Å². The van der Waals surface area contributed by atoms with E-state index in [9.17, 15) is 4.79 Å². The number of aromatic nitrogens is 2. The number of para-hydroxylation sites is 1. The molecule has 4 rings (SSSR count). The van der Waals surface area contributed by atoms with Crippen LogP contribution >= 0.6 is 0 Å². The van der Waals surface area contributed by atoms with Crippen molar-refractivity contribution in [2.75, 3.05) is 36.2 Å². The molecule has 1 aromatic heterocycles. The number of urea groups is 1. The zero-order valence-corrected chi connectivity index (χ0v) is 21.2. The Kier molecular flexibility index (Phi) is 7.91. The SMILES string of the molecule is CC(C)c1ccccc1NC(=O)NCC1CCC(Nc2nc3c(c(N(C)C)n2)CCCC3)CC1. The van der Waals surface area contributed by atoms with Crippen molar-refractivity contribution in [2.45, 2.75) is 77.2 Å². The summed E-state index contributed by atoms with van der Waals surface area (Å²) < 4.78 is 0. The third kappa shape index (κ3) is 5.99. The van der Waals surface area contributed by atoms with Gasteiger partial charge in [0.05, 0.1) is 5.69 Å². The van der Waals surface area contributed by atoms with Gasteiger partial charge in [-0.2, -0.15) is 4.98 Å². The molecule has 2 aromatic rings. The second kappa shape index (κ2) is 11.1. The van der Waals surface area contributed by atoms with Crippen LogP contribution in [0.5, 0.6) is 0 Å². The minimum absolute atomic E-state index is 0.118. The van der Waals surface area contributed by atoms with Crippen molar-refractivity contribution in [1.29, 1.82) is 0 Å². The fraction of sp³-hybridized carbons (Fsp3) is 0.593. The molecule has 1 fully saturated rings. The highest BCUT2D eigenvalue weighted by atomic mass is 16.2. The molecule has 34 heavy (non-hydrogen) atoms. The standard InChI is InChI=1S/C27H40N6O/c1-18(2)21-9-5-7-11-23(21)31-27(34)28-17-19-13-15-20(16-14-19)29-26-30-24-12-8-6-10-22(24)25(32-26)33(3)4/h5,7,9,11,18-20H,6,8,10,12-17H2,1-4H3,(H2,28,31,34)(H,29,30,32). The molecule has 0 radical (unpaired) electrons. The van der Waals surface area contributed by atoms with Crippen molar-refractivity contribution in [3.8, 4) is 0 Å². The summed E-state index contributed by atoms with van der Waals surface area (Å²) in [6.07, 6.45) is 8.89. The summed E-state index contributed by atoms with van der Waals surface area (Å²) >= 11 is 0. The van der Waals surface area contributed by atoms with Crippen LogP contribution in [0.1, 0.15) is 75.1 Å². The number of nitrogens with zero attached hydrogens (tertiary/aromatic N) is 3. The number of anilines is 3. The molecule has 3 N–H and O–H groups in total. The van der Waals surface area contributed by atoms with E-state index < -0.39 is 0 Å². The van der Waals surface area contributed by atoms with Crippen molar-refractivity contribution >= 4 is 23.5 Å². The molecule has 1 saturated carbocycles. The molecule has 0 aliphatic heterocycles. The molecule has 184 valence electrons. The maximum absolute atomic E-state index is 12.5. The molecular weight excluding hydrogens is 424 g/mol. The van der Waals surface area contributed by atoms with Crippen LogP contribution in [0, 0.1) is 5.92 Å². The molecule has 7 heteroatoms. The Morgan fingerprint density at radius 1 is 1.06 bits per heavy atom. The van der Waals surface area contributed by atoms with Gasteiger partial charge < -0.3 is 20.9 Å². The van der Waals surface area contributed by atoms with Gasteiger partial charge in [0, 0.05) is 37.9 Å². The van der Waals surface area contributed by atoms with Gasteiger partial charge >= 0.3 is 6.03 Å². The fourth-order valence-electron chi connectivity index (χ4n) is 5.22. The summed E-state index contributed by atoms with van der Waals surface area (Å²) in [6.45, 7) is 4.99. The number of benzene rings is 1. The predicted molar refractivity (Wildman–Crippen MR) is 140 cm³/mol. The van der Waals surface area contributed by atoms with E-state index in [1.54, 1.807) is 0 Å². The first-order valence-electron chi connectivity index (χ1n) is 12.9. The normalized spacial score (nSPS) is 19.9. The number of aryl methyl sites for hydroxylation is 1. The molecule has 0 unspecified atom stereocenters. The van der Waals surface area contributed by atoms with E-state index in [0.717, 1.165) is 61.5 Å². The minimum Gasteiger partial charge on any atom is -0.362 e. The number of carbonyl (C=O) groups is 1. The van der Waals surface area contributed by atoms with E-state index in [-0.39, 0.29) is 6.03 Å². The van der Waals surface area contributed by atoms with Crippen molar-refractivity contribution in [3.63, 3.8) is 0 Å². The van der Waals surface area contributed by atoms with Gasteiger partial charge in [0.25, 0.3) is 0 Å². The highest BCUT2D eigenvalue weighted by Gasteiger charge is 2.24. The molecule has 7 nitrogen and oxygen atoms in total. The maximum Gasteiger partial charge on any atom is 0.319 e. The van der Waals surface area contributed by atoms with E-state index in [1.165, 1.54) is 24.1 Å². The zero-order valence-electron chi connectivity index (χ0n) is 21.2. The Labute approximate surface area is 204 Å². The summed E-state index contributed by atoms with van der Waals surface area (Å²) in [4.78, 5) is 24.3. The fourth-order valence-corrected chi connectivity index (χ4v) is 5.22. The number of carbonyl (C=O) groups excluding carboxylic acids is 1. The predicted octanol–water partition coefficient (Wildman–Crippen LogP) is 5.34. The summed E-state index contributed by atoms with van der Waals surface area (Å²) in [5.74, 6) is 2.71. The third-order valence-electron chi connectivity index (χ3n) is 7.15. The maximum atomic E-state index is 12.5. The quantitative estimate of drug-likeness (QED) is 0.515. The van der Waals surface area contributed by atoms with Gasteiger partial charge in [0.1, 0.15) is 5.82 Å². The van der Waals surface area contributed by atoms with Crippen molar-refractivity contribution in [3.05, 3.63) is 41.1 Å². The largest absolute Gasteiger partial charge is 0.362 e. The van der Waals surface area contributed by atoms with E-state index >= 15 is 0 Å². The second-order valence-corrected chi connectivity index (χ2v) is 10.3. The van der Waals surface area contributed by atoms with Crippen LogP contribution in [0.3, 0.4) is 0 Å². The summed E-state index contributed by atoms with van der Waals surface area (Å²) in [5.41, 5.74) is 4.59. The number of hydrogen-bond acceptors (Lipinski definition) is 5. The van der Waals surface area contributed by atoms with Crippen LogP contribution < -0.4 is 20.9 Å². The van der Waals surface area contributed by atoms with Gasteiger partial charge in [-0.3, -0.25) is 0 Å². The lowest BCUT2D eigenvalue weighted by Gasteiger charge is -2.30. The van der Waals surface area contributed by atoms with Crippen LogP contribution in [0.4, 0.5) is 22.2 Å². The van der Waals surface area contributed by atoms with Gasteiger partial charge in [-0.05, 0) is 74.8 Å². The molecular formula is C27H40N6O. The van der Waals surface area contributed by atoms with Gasteiger partial charge in [-0.15, -0.1) is 0 Å². The number of rotatable bonds is 7. The lowest BCUT2D eigenvalue weighted by atomic mass is 9.86. The first kappa shape index (κ1) is 24.3. The van der Waals surface area contributed by atoms with Crippen LogP contribution in [0.2, 0.25) is 0 Å². The van der Waals surface area contributed by atoms with E-state index in [4.69, 9.17) is 9.97 Å². The van der Waals surface area contributed by atoms with Crippen LogP contribution in [-0.2, 0) is 12.8 Å². The Hall–Kier alpha value is -2.83. The molecule has 0 saturated heterocycles. The van der Waals surface area contributed by atoms with E-state index in [0.29, 0.717) is 24.4 Å². The number of amides is 2. The van der Waals surface area contributed by atoms with E-state index in [2.05, 4.69) is 54.9 Å². The molecule has 1 aromatic carbocycles. The summed E-state index contributed by atoms with van der Waals surface area (Å²) in [5, 5.41) is 9.73. The van der Waals surface area contributed by atoms with Crippen molar-refractivity contribution < 1.29 is 4.79 Å². The van der Waals surface area contributed by atoms with Gasteiger partial charge in [-0.1, -0.05) is 32.0 Å². The number of fused-ring (bicyclic) bond motifs is 1. The van der Waals surface area contributed by atoms with Crippen LogP contribution in [0.25, 0.3) is 0 Å². The Morgan fingerprint density at radius 3 is 2.53 bits per heavy atom. The van der Waals surface area contributed by atoms with Crippen molar-refractivity contribution in [1.82, 2.24) is 15.3 Å². The molecule has 0 bridgehead atoms. The molecule has 2 amide bonds. The lowest BCUT2D eigenvalue weighted by molar-refractivity contribution is 0.246. The van der Waals surface area contributed by atoms with Gasteiger partial charge in [-0.25, -0.2) is 9.78 Å². The lowest BCUT2D eigenvalue weighted by Crippen LogP contribution is -2.36. The number of hydrogen-bond donors (Lipinski definition) is 3. The Bertz CT molecular complexity index is 981. The Balaban J connectivity index is 1.26. The monoisotopic (exact) mass is 464 g/mol. The molecule has 1 heterocycles. The van der Waals surface area contributed by atoms with Crippen LogP contribution in [0.15, 0.2) is 24.3 Å². The number of nitrogens with one attached hydrogen (secondary N) is 3.